The fraction of sp³-hybridized carbons (Fsp3) is 0.409. The minimum absolute atomic E-state index is 0.311. The monoisotopic (exact) mass is 351 g/mol. The maximum Gasteiger partial charge on any atom is 0.191 e. The Morgan fingerprint density at radius 3 is 2.31 bits per heavy atom. The largest absolute Gasteiger partial charge is 0.383 e. The van der Waals surface area contributed by atoms with Gasteiger partial charge in [0, 0.05) is 19.5 Å². The van der Waals surface area contributed by atoms with Crippen LogP contribution in [-0.4, -0.2) is 30.7 Å². The highest BCUT2D eigenvalue weighted by Crippen LogP contribution is 2.28. The van der Waals surface area contributed by atoms with E-state index in [0.29, 0.717) is 13.0 Å². The van der Waals surface area contributed by atoms with Crippen LogP contribution in [-0.2, 0) is 12.0 Å². The molecule has 2 aromatic rings. The normalized spacial score (nSPS) is 16.8. The van der Waals surface area contributed by atoms with Crippen LogP contribution in [0.4, 0.5) is 0 Å². The van der Waals surface area contributed by atoms with Crippen molar-refractivity contribution in [2.75, 3.05) is 19.6 Å². The van der Waals surface area contributed by atoms with Crippen molar-refractivity contribution < 1.29 is 5.11 Å². The Labute approximate surface area is 156 Å². The first kappa shape index (κ1) is 18.5. The number of benzene rings is 2. The molecule has 0 bridgehead atoms. The van der Waals surface area contributed by atoms with Crippen LogP contribution in [0.2, 0.25) is 0 Å². The number of aliphatic imine (C=N–C) groups is 1. The summed E-state index contributed by atoms with van der Waals surface area (Å²) in [5, 5.41) is 18.2. The second kappa shape index (κ2) is 8.86. The lowest BCUT2D eigenvalue weighted by Gasteiger charge is -2.28. The molecule has 0 heterocycles. The van der Waals surface area contributed by atoms with Gasteiger partial charge in [-0.05, 0) is 36.8 Å². The fourth-order valence-corrected chi connectivity index (χ4v) is 3.05. The molecule has 1 saturated carbocycles. The molecular weight excluding hydrogens is 322 g/mol. The van der Waals surface area contributed by atoms with E-state index in [9.17, 15) is 5.11 Å². The van der Waals surface area contributed by atoms with Crippen LogP contribution in [0.3, 0.4) is 0 Å². The zero-order valence-corrected chi connectivity index (χ0v) is 15.5. The number of aliphatic hydroxyl groups is 1. The third-order valence-electron chi connectivity index (χ3n) is 4.75. The van der Waals surface area contributed by atoms with E-state index in [4.69, 9.17) is 4.99 Å². The van der Waals surface area contributed by atoms with E-state index in [-0.39, 0.29) is 0 Å². The second-order valence-corrected chi connectivity index (χ2v) is 7.08. The third kappa shape index (κ3) is 5.33. The van der Waals surface area contributed by atoms with E-state index >= 15 is 0 Å². The Hall–Kier alpha value is -2.33. The average Bonchev–Trinajstić information content (AvgIpc) is 3.50. The molecule has 0 aromatic heterocycles. The first-order valence-corrected chi connectivity index (χ1v) is 9.53. The van der Waals surface area contributed by atoms with Crippen molar-refractivity contribution in [2.24, 2.45) is 10.9 Å². The average molecular weight is 351 g/mol. The van der Waals surface area contributed by atoms with Gasteiger partial charge in [-0.15, -0.1) is 0 Å². The zero-order chi connectivity index (χ0) is 18.2. The summed E-state index contributed by atoms with van der Waals surface area (Å²) < 4.78 is 0. The van der Waals surface area contributed by atoms with Crippen LogP contribution in [0, 0.1) is 5.92 Å². The van der Waals surface area contributed by atoms with E-state index in [1.54, 1.807) is 0 Å². The van der Waals surface area contributed by atoms with Gasteiger partial charge in [0.1, 0.15) is 5.60 Å². The van der Waals surface area contributed by atoms with E-state index in [1.807, 2.05) is 60.7 Å². The minimum atomic E-state index is -1.04. The van der Waals surface area contributed by atoms with Crippen LogP contribution in [0.25, 0.3) is 0 Å². The van der Waals surface area contributed by atoms with Crippen molar-refractivity contribution in [3.8, 4) is 0 Å². The second-order valence-electron chi connectivity index (χ2n) is 7.08. The number of nitrogens with zero attached hydrogens (tertiary/aromatic N) is 1. The van der Waals surface area contributed by atoms with Gasteiger partial charge in [0.2, 0.25) is 0 Å². The molecule has 3 rings (SSSR count). The summed E-state index contributed by atoms with van der Waals surface area (Å²) in [6, 6.07) is 20.0. The Morgan fingerprint density at radius 2 is 1.69 bits per heavy atom. The molecule has 0 aliphatic heterocycles. The molecule has 2 aromatic carbocycles. The van der Waals surface area contributed by atoms with Crippen molar-refractivity contribution in [1.82, 2.24) is 10.6 Å². The van der Waals surface area contributed by atoms with Crippen molar-refractivity contribution in [2.45, 2.75) is 31.8 Å². The molecule has 4 nitrogen and oxygen atoms in total. The first-order valence-electron chi connectivity index (χ1n) is 9.53. The highest BCUT2D eigenvalue weighted by atomic mass is 16.3. The van der Waals surface area contributed by atoms with E-state index < -0.39 is 5.60 Å². The summed E-state index contributed by atoms with van der Waals surface area (Å²) >= 11 is 0. The summed E-state index contributed by atoms with van der Waals surface area (Å²) in [5.41, 5.74) is 0.959. The Morgan fingerprint density at radius 1 is 1.04 bits per heavy atom. The molecule has 138 valence electrons. The van der Waals surface area contributed by atoms with Crippen LogP contribution in [0.5, 0.6) is 0 Å². The molecule has 0 saturated heterocycles. The topological polar surface area (TPSA) is 56.7 Å². The number of rotatable bonds is 8. The van der Waals surface area contributed by atoms with Gasteiger partial charge >= 0.3 is 0 Å². The van der Waals surface area contributed by atoms with Crippen LogP contribution >= 0.6 is 0 Å². The van der Waals surface area contributed by atoms with Crippen LogP contribution in [0.1, 0.15) is 30.9 Å². The number of hydrogen-bond donors (Lipinski definition) is 3. The molecule has 1 atom stereocenters. The molecule has 4 heteroatoms. The van der Waals surface area contributed by atoms with Gasteiger partial charge in [0.25, 0.3) is 0 Å². The highest BCUT2D eigenvalue weighted by Gasteiger charge is 2.30. The summed E-state index contributed by atoms with van der Waals surface area (Å²) in [5.74, 6) is 1.55. The SMILES string of the molecule is CCNC(=NCC(O)(Cc1ccccc1)c1ccccc1)NCC1CC1. The smallest absolute Gasteiger partial charge is 0.191 e. The van der Waals surface area contributed by atoms with Gasteiger partial charge in [0.15, 0.2) is 5.96 Å². The summed E-state index contributed by atoms with van der Waals surface area (Å²) in [6.07, 6.45) is 3.13. The fourth-order valence-electron chi connectivity index (χ4n) is 3.05. The highest BCUT2D eigenvalue weighted by molar-refractivity contribution is 5.79. The molecule has 0 spiro atoms. The molecule has 26 heavy (non-hydrogen) atoms. The lowest BCUT2D eigenvalue weighted by atomic mass is 9.87. The van der Waals surface area contributed by atoms with Gasteiger partial charge in [-0.3, -0.25) is 0 Å². The molecule has 3 N–H and O–H groups in total. The summed E-state index contributed by atoms with van der Waals surface area (Å²) in [6.45, 7) is 4.13. The number of guanidine groups is 1. The number of hydrogen-bond acceptors (Lipinski definition) is 2. The van der Waals surface area contributed by atoms with Gasteiger partial charge in [-0.1, -0.05) is 60.7 Å². The van der Waals surface area contributed by atoms with Crippen molar-refractivity contribution in [1.29, 1.82) is 0 Å². The lowest BCUT2D eigenvalue weighted by molar-refractivity contribution is 0.0467. The van der Waals surface area contributed by atoms with E-state index in [1.165, 1.54) is 12.8 Å². The first-order chi connectivity index (χ1) is 12.7. The van der Waals surface area contributed by atoms with Crippen molar-refractivity contribution >= 4 is 5.96 Å². The Kier molecular flexibility index (Phi) is 6.29. The third-order valence-corrected chi connectivity index (χ3v) is 4.75. The Balaban J connectivity index is 1.78. The lowest BCUT2D eigenvalue weighted by Crippen LogP contribution is -2.40. The van der Waals surface area contributed by atoms with Gasteiger partial charge in [-0.25, -0.2) is 4.99 Å². The van der Waals surface area contributed by atoms with Crippen LogP contribution in [0.15, 0.2) is 65.7 Å². The molecule has 1 aliphatic carbocycles. The van der Waals surface area contributed by atoms with Crippen molar-refractivity contribution in [3.63, 3.8) is 0 Å². The van der Waals surface area contributed by atoms with Gasteiger partial charge in [0.05, 0.1) is 6.54 Å². The predicted octanol–water partition coefficient (Wildman–Crippen LogP) is 3.08. The van der Waals surface area contributed by atoms with Gasteiger partial charge < -0.3 is 15.7 Å². The summed E-state index contributed by atoms with van der Waals surface area (Å²) in [7, 11) is 0. The molecule has 1 fully saturated rings. The van der Waals surface area contributed by atoms with Gasteiger partial charge in [-0.2, -0.15) is 0 Å². The molecule has 1 unspecified atom stereocenters. The summed E-state index contributed by atoms with van der Waals surface area (Å²) in [4.78, 5) is 4.70. The minimum Gasteiger partial charge on any atom is -0.383 e. The molecular formula is C22H29N3O. The van der Waals surface area contributed by atoms with Crippen LogP contribution < -0.4 is 10.6 Å². The molecule has 0 radical (unpaired) electrons. The standard InChI is InChI=1S/C22H29N3O/c1-2-23-21(24-16-19-13-14-19)25-17-22(26,20-11-7-4-8-12-20)15-18-9-5-3-6-10-18/h3-12,19,26H,2,13-17H2,1H3,(H2,23,24,25). The van der Waals surface area contributed by atoms with Crippen molar-refractivity contribution in [3.05, 3.63) is 71.8 Å². The maximum atomic E-state index is 11.5. The molecule has 0 amide bonds. The van der Waals surface area contributed by atoms with E-state index in [2.05, 4.69) is 17.6 Å². The molecule has 1 aliphatic rings. The quantitative estimate of drug-likeness (QED) is 0.506. The Bertz CT molecular complexity index is 698. The zero-order valence-electron chi connectivity index (χ0n) is 15.5. The van der Waals surface area contributed by atoms with E-state index in [0.717, 1.165) is 36.1 Å². The maximum absolute atomic E-state index is 11.5. The predicted molar refractivity (Wildman–Crippen MR) is 107 cm³/mol. The number of nitrogens with one attached hydrogen (secondary N) is 2.